The fourth-order valence-corrected chi connectivity index (χ4v) is 7.18. The second-order valence-corrected chi connectivity index (χ2v) is 16.3. The first-order chi connectivity index (χ1) is 28.1. The maximum Gasteiger partial charge on any atom is 0.338 e. The second kappa shape index (κ2) is 29.5. The van der Waals surface area contributed by atoms with Crippen LogP contribution in [-0.4, -0.2) is 50.3 Å². The summed E-state index contributed by atoms with van der Waals surface area (Å²) in [5.74, 6) is -0.783. The summed E-state index contributed by atoms with van der Waals surface area (Å²) in [7, 11) is 0. The van der Waals surface area contributed by atoms with Crippen LogP contribution in [0.3, 0.4) is 0 Å². The summed E-state index contributed by atoms with van der Waals surface area (Å²) in [6.45, 7) is 18.3. The van der Waals surface area contributed by atoms with Gasteiger partial charge in [0.15, 0.2) is 0 Å². The molecule has 0 fully saturated rings. The van der Waals surface area contributed by atoms with Gasteiger partial charge in [0.25, 0.3) is 0 Å². The van der Waals surface area contributed by atoms with Crippen molar-refractivity contribution in [1.82, 2.24) is 0 Å². The number of benzene rings is 2. The van der Waals surface area contributed by atoms with E-state index in [0.29, 0.717) is 84.5 Å². The van der Waals surface area contributed by atoms with E-state index in [1.165, 1.54) is 0 Å². The monoisotopic (exact) mass is 807 g/mol. The lowest BCUT2D eigenvalue weighted by molar-refractivity contribution is 0.0407. The van der Waals surface area contributed by atoms with Crippen molar-refractivity contribution >= 4 is 23.9 Å². The average molecular weight is 807 g/mol. The minimum Gasteiger partial charge on any atom is -0.462 e. The maximum atomic E-state index is 13.8. The molecule has 0 heterocycles. The Labute approximate surface area is 351 Å². The van der Waals surface area contributed by atoms with E-state index in [9.17, 15) is 19.2 Å². The third kappa shape index (κ3) is 18.1. The first-order valence-corrected chi connectivity index (χ1v) is 23.0. The van der Waals surface area contributed by atoms with E-state index in [2.05, 4.69) is 55.4 Å². The quantitative estimate of drug-likeness (QED) is 0.0548. The molecule has 0 bridgehead atoms. The van der Waals surface area contributed by atoms with Gasteiger partial charge in [0.1, 0.15) is 0 Å². The predicted molar refractivity (Wildman–Crippen MR) is 235 cm³/mol. The van der Waals surface area contributed by atoms with Crippen molar-refractivity contribution in [3.05, 3.63) is 69.8 Å². The molecule has 8 heteroatoms. The molecule has 0 aliphatic heterocycles. The Kier molecular flexibility index (Phi) is 25.7. The van der Waals surface area contributed by atoms with Crippen molar-refractivity contribution in [3.63, 3.8) is 0 Å². The molecule has 2 aromatic rings. The lowest BCUT2D eigenvalue weighted by atomic mass is 9.94. The summed E-state index contributed by atoms with van der Waals surface area (Å²) in [5.41, 5.74) is 2.64. The van der Waals surface area contributed by atoms with Crippen LogP contribution >= 0.6 is 0 Å². The summed E-state index contributed by atoms with van der Waals surface area (Å²) >= 11 is 0. The molecule has 2 aromatic carbocycles. The normalized spacial score (nSPS) is 13.3. The van der Waals surface area contributed by atoms with Crippen LogP contribution in [0.4, 0.5) is 0 Å². The largest absolute Gasteiger partial charge is 0.462 e. The van der Waals surface area contributed by atoms with Crippen LogP contribution in [0.1, 0.15) is 211 Å². The topological polar surface area (TPSA) is 105 Å². The van der Waals surface area contributed by atoms with E-state index in [-0.39, 0.29) is 11.8 Å². The van der Waals surface area contributed by atoms with Crippen molar-refractivity contribution in [2.45, 2.75) is 171 Å². The van der Waals surface area contributed by atoms with E-state index in [0.717, 1.165) is 103 Å². The standard InChI is InChI=1S/C50H78O8/c1-9-17-21-37(13-5)33-55-47(51)43-29-27-41(45(31-43)49(53)57-35-39(15-7)23-19-11-3)25-26-42-28-30-44(48(52)56-34-38(14-6)22-18-10-2)32-46(42)50(54)58-36-40(16-8)24-20-12-4/h27-32,37-40H,9-26,33-36H2,1-8H3. The molecule has 0 radical (unpaired) electrons. The lowest BCUT2D eigenvalue weighted by Crippen LogP contribution is -2.18. The third-order valence-electron chi connectivity index (χ3n) is 11.8. The van der Waals surface area contributed by atoms with Gasteiger partial charge in [-0.3, -0.25) is 0 Å². The smallest absolute Gasteiger partial charge is 0.338 e. The first kappa shape index (κ1) is 50.5. The molecule has 0 aliphatic carbocycles. The van der Waals surface area contributed by atoms with Gasteiger partial charge in [-0.1, -0.05) is 145 Å². The third-order valence-corrected chi connectivity index (χ3v) is 11.8. The van der Waals surface area contributed by atoms with Crippen LogP contribution in [0.5, 0.6) is 0 Å². The Bertz CT molecular complexity index is 1390. The Morgan fingerprint density at radius 3 is 0.948 bits per heavy atom. The number of unbranched alkanes of at least 4 members (excludes halogenated alkanes) is 4. The zero-order chi connectivity index (χ0) is 42.7. The van der Waals surface area contributed by atoms with Crippen LogP contribution in [0.2, 0.25) is 0 Å². The van der Waals surface area contributed by atoms with Crippen LogP contribution in [0.15, 0.2) is 36.4 Å². The molecule has 0 aromatic heterocycles. The molecule has 0 N–H and O–H groups in total. The SMILES string of the molecule is CCCCC(CC)COC(=O)c1ccc(CCc2ccc(C(=O)OCC(CC)CCCC)cc2C(=O)OCC(CC)CCCC)c(C(=O)OCC(CC)CCCC)c1. The summed E-state index contributed by atoms with van der Waals surface area (Å²) in [6.07, 6.45) is 17.0. The van der Waals surface area contributed by atoms with Crippen molar-refractivity contribution in [2.24, 2.45) is 23.7 Å². The molecule has 326 valence electrons. The van der Waals surface area contributed by atoms with Crippen molar-refractivity contribution in [2.75, 3.05) is 26.4 Å². The molecule has 0 spiro atoms. The van der Waals surface area contributed by atoms with E-state index < -0.39 is 23.9 Å². The summed E-state index contributed by atoms with van der Waals surface area (Å²) in [4.78, 5) is 54.3. The lowest BCUT2D eigenvalue weighted by Gasteiger charge is -2.18. The maximum absolute atomic E-state index is 13.8. The zero-order valence-corrected chi connectivity index (χ0v) is 37.6. The van der Waals surface area contributed by atoms with E-state index in [4.69, 9.17) is 18.9 Å². The number of esters is 4. The van der Waals surface area contributed by atoms with Gasteiger partial charge >= 0.3 is 23.9 Å². The molecule has 2 rings (SSSR count). The van der Waals surface area contributed by atoms with Gasteiger partial charge in [0.2, 0.25) is 0 Å². The summed E-state index contributed by atoms with van der Waals surface area (Å²) < 4.78 is 23.3. The fourth-order valence-electron chi connectivity index (χ4n) is 7.18. The van der Waals surface area contributed by atoms with Crippen LogP contribution in [0, 0.1) is 23.7 Å². The van der Waals surface area contributed by atoms with Crippen molar-refractivity contribution in [1.29, 1.82) is 0 Å². The molecular weight excluding hydrogens is 729 g/mol. The predicted octanol–water partition coefficient (Wildman–Crippen LogP) is 13.0. The Balaban J connectivity index is 2.45. The van der Waals surface area contributed by atoms with Crippen LogP contribution in [0.25, 0.3) is 0 Å². The molecule has 8 nitrogen and oxygen atoms in total. The second-order valence-electron chi connectivity index (χ2n) is 16.3. The highest BCUT2D eigenvalue weighted by molar-refractivity contribution is 5.97. The Morgan fingerprint density at radius 2 is 0.690 bits per heavy atom. The molecule has 58 heavy (non-hydrogen) atoms. The van der Waals surface area contributed by atoms with Crippen molar-refractivity contribution < 1.29 is 38.1 Å². The van der Waals surface area contributed by atoms with Gasteiger partial charge in [-0.25, -0.2) is 19.2 Å². The number of aryl methyl sites for hydroxylation is 2. The number of carbonyl (C=O) groups excluding carboxylic acids is 4. The molecule has 0 aliphatic rings. The highest BCUT2D eigenvalue weighted by Crippen LogP contribution is 2.24. The fraction of sp³-hybridized carbons (Fsp3) is 0.680. The molecule has 4 unspecified atom stereocenters. The van der Waals surface area contributed by atoms with Gasteiger partial charge in [-0.15, -0.1) is 0 Å². The Morgan fingerprint density at radius 1 is 0.414 bits per heavy atom. The average Bonchev–Trinajstić information content (AvgIpc) is 3.25. The van der Waals surface area contributed by atoms with E-state index in [1.807, 2.05) is 0 Å². The van der Waals surface area contributed by atoms with E-state index >= 15 is 0 Å². The zero-order valence-electron chi connectivity index (χ0n) is 37.6. The Hall–Kier alpha value is -3.68. The number of hydrogen-bond acceptors (Lipinski definition) is 8. The number of hydrogen-bond donors (Lipinski definition) is 0. The first-order valence-electron chi connectivity index (χ1n) is 23.0. The minimum absolute atomic E-state index is 0.256. The molecular formula is C50H78O8. The number of carbonyl (C=O) groups is 4. The highest BCUT2D eigenvalue weighted by atomic mass is 16.5. The highest BCUT2D eigenvalue weighted by Gasteiger charge is 2.23. The molecule has 4 atom stereocenters. The molecule has 0 amide bonds. The van der Waals surface area contributed by atoms with Gasteiger partial charge in [-0.2, -0.15) is 0 Å². The van der Waals surface area contributed by atoms with Gasteiger partial charge in [-0.05, 0) is 97.6 Å². The summed E-state index contributed by atoms with van der Waals surface area (Å²) in [5, 5.41) is 0. The summed E-state index contributed by atoms with van der Waals surface area (Å²) in [6, 6.07) is 10.2. The molecule has 0 saturated carbocycles. The van der Waals surface area contributed by atoms with Gasteiger partial charge in [0, 0.05) is 0 Å². The van der Waals surface area contributed by atoms with Crippen molar-refractivity contribution in [3.8, 4) is 0 Å². The van der Waals surface area contributed by atoms with Crippen LogP contribution < -0.4 is 0 Å². The van der Waals surface area contributed by atoms with Gasteiger partial charge in [0.05, 0.1) is 48.7 Å². The molecule has 0 saturated heterocycles. The minimum atomic E-state index is -0.478. The van der Waals surface area contributed by atoms with Crippen LogP contribution in [-0.2, 0) is 31.8 Å². The van der Waals surface area contributed by atoms with E-state index in [1.54, 1.807) is 36.4 Å². The number of ether oxygens (including phenoxy) is 4. The van der Waals surface area contributed by atoms with Gasteiger partial charge < -0.3 is 18.9 Å². The number of rotatable bonds is 31.